The normalized spacial score (nSPS) is 10.5. The number of hydrogen-bond donors (Lipinski definition) is 2. The second kappa shape index (κ2) is 4.20. The Kier molecular flexibility index (Phi) is 2.75. The summed E-state index contributed by atoms with van der Waals surface area (Å²) in [5.41, 5.74) is 12.8. The Bertz CT molecular complexity index is 449. The molecule has 2 aromatic rings. The molecule has 15 heavy (non-hydrogen) atoms. The predicted molar refractivity (Wildman–Crippen MR) is 57.1 cm³/mol. The summed E-state index contributed by atoms with van der Waals surface area (Å²) < 4.78 is 1.70. The van der Waals surface area contributed by atoms with E-state index in [-0.39, 0.29) is 0 Å². The zero-order valence-electron chi connectivity index (χ0n) is 8.30. The molecule has 0 aliphatic heterocycles. The monoisotopic (exact) mass is 203 g/mol. The number of nitrogens with two attached hydrogens (primary N) is 2. The molecular formula is C10H13N5. The summed E-state index contributed by atoms with van der Waals surface area (Å²) in [5, 5.41) is 4.17. The van der Waals surface area contributed by atoms with Crippen LogP contribution in [0.1, 0.15) is 11.3 Å². The molecule has 0 spiro atoms. The van der Waals surface area contributed by atoms with Crippen LogP contribution in [0.4, 0.5) is 0 Å². The number of aromatic nitrogens is 3. The van der Waals surface area contributed by atoms with Gasteiger partial charge < -0.3 is 11.5 Å². The molecule has 0 aromatic carbocycles. The molecule has 2 heterocycles. The molecule has 4 N–H and O–H groups in total. The Morgan fingerprint density at radius 3 is 2.73 bits per heavy atom. The van der Waals surface area contributed by atoms with Gasteiger partial charge in [0.1, 0.15) is 0 Å². The highest BCUT2D eigenvalue weighted by Crippen LogP contribution is 2.06. The molecule has 0 saturated heterocycles. The van der Waals surface area contributed by atoms with Crippen molar-refractivity contribution in [3.05, 3.63) is 41.9 Å². The topological polar surface area (TPSA) is 82.8 Å². The van der Waals surface area contributed by atoms with Gasteiger partial charge in [0.25, 0.3) is 0 Å². The van der Waals surface area contributed by atoms with E-state index in [4.69, 9.17) is 11.5 Å². The third kappa shape index (κ3) is 2.03. The van der Waals surface area contributed by atoms with E-state index >= 15 is 0 Å². The predicted octanol–water partition coefficient (Wildman–Crippen LogP) is 0.185. The minimum atomic E-state index is 0.429. The average Bonchev–Trinajstić information content (AvgIpc) is 2.78. The molecule has 0 saturated carbocycles. The average molecular weight is 203 g/mol. The van der Waals surface area contributed by atoms with Crippen LogP contribution in [-0.4, -0.2) is 14.8 Å². The minimum absolute atomic E-state index is 0.429. The molecule has 2 rings (SSSR count). The summed E-state index contributed by atoms with van der Waals surface area (Å²) in [6.45, 7) is 0.912. The van der Waals surface area contributed by atoms with Crippen LogP contribution in [0.5, 0.6) is 0 Å². The highest BCUT2D eigenvalue weighted by atomic mass is 15.3. The summed E-state index contributed by atoms with van der Waals surface area (Å²) >= 11 is 0. The summed E-state index contributed by atoms with van der Waals surface area (Å²) in [6, 6.07) is 5.68. The van der Waals surface area contributed by atoms with Gasteiger partial charge in [-0.05, 0) is 12.1 Å². The lowest BCUT2D eigenvalue weighted by molar-refractivity contribution is 0.828. The van der Waals surface area contributed by atoms with E-state index in [2.05, 4.69) is 10.1 Å². The van der Waals surface area contributed by atoms with Gasteiger partial charge in [0.15, 0.2) is 5.82 Å². The lowest BCUT2D eigenvalue weighted by Crippen LogP contribution is -2.04. The van der Waals surface area contributed by atoms with Crippen molar-refractivity contribution in [2.45, 2.75) is 13.1 Å². The van der Waals surface area contributed by atoms with Gasteiger partial charge in [-0.3, -0.25) is 0 Å². The van der Waals surface area contributed by atoms with Crippen LogP contribution >= 0.6 is 0 Å². The molecule has 0 fully saturated rings. The first-order valence-corrected chi connectivity index (χ1v) is 4.73. The molecule has 5 heteroatoms. The van der Waals surface area contributed by atoms with Gasteiger partial charge >= 0.3 is 0 Å². The van der Waals surface area contributed by atoms with E-state index in [1.54, 1.807) is 10.9 Å². The first kappa shape index (κ1) is 9.82. The molecule has 78 valence electrons. The largest absolute Gasteiger partial charge is 0.326 e. The molecule has 0 unspecified atom stereocenters. The molecule has 2 aromatic heterocycles. The van der Waals surface area contributed by atoms with Crippen LogP contribution in [0.3, 0.4) is 0 Å². The van der Waals surface area contributed by atoms with Gasteiger partial charge in [-0.25, -0.2) is 9.67 Å². The fourth-order valence-corrected chi connectivity index (χ4v) is 1.30. The fraction of sp³-hybridized carbons (Fsp3) is 0.200. The first-order valence-electron chi connectivity index (χ1n) is 4.73. The number of hydrogen-bond acceptors (Lipinski definition) is 4. The van der Waals surface area contributed by atoms with Gasteiger partial charge in [-0.2, -0.15) is 5.10 Å². The minimum Gasteiger partial charge on any atom is -0.326 e. The lowest BCUT2D eigenvalue weighted by atomic mass is 10.3. The van der Waals surface area contributed by atoms with Crippen molar-refractivity contribution < 1.29 is 0 Å². The fourth-order valence-electron chi connectivity index (χ4n) is 1.30. The van der Waals surface area contributed by atoms with E-state index in [0.717, 1.165) is 17.1 Å². The van der Waals surface area contributed by atoms with Crippen LogP contribution in [0.2, 0.25) is 0 Å². The van der Waals surface area contributed by atoms with Crippen molar-refractivity contribution in [1.29, 1.82) is 0 Å². The van der Waals surface area contributed by atoms with Crippen molar-refractivity contribution >= 4 is 0 Å². The van der Waals surface area contributed by atoms with Crippen LogP contribution in [0.15, 0.2) is 30.6 Å². The number of rotatable bonds is 3. The van der Waals surface area contributed by atoms with Crippen molar-refractivity contribution in [3.8, 4) is 5.82 Å². The molecule has 0 radical (unpaired) electrons. The molecule has 0 bridgehead atoms. The van der Waals surface area contributed by atoms with Crippen LogP contribution in [-0.2, 0) is 13.1 Å². The second-order valence-corrected chi connectivity index (χ2v) is 3.19. The van der Waals surface area contributed by atoms with Gasteiger partial charge in [-0.1, -0.05) is 6.07 Å². The zero-order chi connectivity index (χ0) is 10.7. The molecule has 5 nitrogen and oxygen atoms in total. The highest BCUT2D eigenvalue weighted by Gasteiger charge is 2.01. The first-order chi connectivity index (χ1) is 7.33. The maximum atomic E-state index is 5.52. The Balaban J connectivity index is 2.35. The van der Waals surface area contributed by atoms with Gasteiger partial charge in [0.05, 0.1) is 11.9 Å². The van der Waals surface area contributed by atoms with Gasteiger partial charge in [-0.15, -0.1) is 0 Å². The third-order valence-electron chi connectivity index (χ3n) is 2.11. The molecule has 0 atom stereocenters. The zero-order valence-corrected chi connectivity index (χ0v) is 8.30. The molecule has 0 aliphatic carbocycles. The van der Waals surface area contributed by atoms with Crippen molar-refractivity contribution in [3.63, 3.8) is 0 Å². The Morgan fingerprint density at radius 2 is 2.07 bits per heavy atom. The number of nitrogens with zero attached hydrogens (tertiary/aromatic N) is 3. The van der Waals surface area contributed by atoms with E-state index in [1.807, 2.05) is 24.4 Å². The van der Waals surface area contributed by atoms with E-state index in [0.29, 0.717) is 13.1 Å². The Hall–Kier alpha value is -1.72. The van der Waals surface area contributed by atoms with E-state index < -0.39 is 0 Å². The van der Waals surface area contributed by atoms with Crippen molar-refractivity contribution in [1.82, 2.24) is 14.8 Å². The van der Waals surface area contributed by atoms with Crippen LogP contribution < -0.4 is 11.5 Å². The van der Waals surface area contributed by atoms with E-state index in [9.17, 15) is 0 Å². The van der Waals surface area contributed by atoms with Crippen LogP contribution in [0, 0.1) is 0 Å². The van der Waals surface area contributed by atoms with Gasteiger partial charge in [0, 0.05) is 24.8 Å². The lowest BCUT2D eigenvalue weighted by Gasteiger charge is -2.01. The third-order valence-corrected chi connectivity index (χ3v) is 2.11. The maximum Gasteiger partial charge on any atom is 0.153 e. The number of pyridine rings is 1. The van der Waals surface area contributed by atoms with E-state index in [1.165, 1.54) is 0 Å². The summed E-state index contributed by atoms with van der Waals surface area (Å²) in [6.07, 6.45) is 3.60. The summed E-state index contributed by atoms with van der Waals surface area (Å²) in [7, 11) is 0. The highest BCUT2D eigenvalue weighted by molar-refractivity contribution is 5.24. The van der Waals surface area contributed by atoms with Crippen molar-refractivity contribution in [2.24, 2.45) is 11.5 Å². The van der Waals surface area contributed by atoms with Crippen molar-refractivity contribution in [2.75, 3.05) is 0 Å². The molecule has 0 amide bonds. The summed E-state index contributed by atoms with van der Waals surface area (Å²) in [4.78, 5) is 4.34. The molecular weight excluding hydrogens is 190 g/mol. The second-order valence-electron chi connectivity index (χ2n) is 3.19. The smallest absolute Gasteiger partial charge is 0.153 e. The summed E-state index contributed by atoms with van der Waals surface area (Å²) in [5.74, 6) is 0.762. The Labute approximate surface area is 87.7 Å². The Morgan fingerprint density at radius 1 is 1.20 bits per heavy atom. The van der Waals surface area contributed by atoms with Gasteiger partial charge in [0.2, 0.25) is 0 Å². The SMILES string of the molecule is NCc1cnn(-c2cccc(CN)n2)c1. The quantitative estimate of drug-likeness (QED) is 0.745. The molecule has 0 aliphatic rings. The maximum absolute atomic E-state index is 5.52. The van der Waals surface area contributed by atoms with Crippen LogP contribution in [0.25, 0.3) is 5.82 Å². The standard InChI is InChI=1S/C10H13N5/c11-4-8-6-13-15(7-8)10-3-1-2-9(5-12)14-10/h1-3,6-7H,4-5,11-12H2.